The number of fused-ring (bicyclic) bond motifs is 1. The Labute approximate surface area is 252 Å². The van der Waals surface area contributed by atoms with Crippen LogP contribution in [0, 0.1) is 6.92 Å². The predicted molar refractivity (Wildman–Crippen MR) is 153 cm³/mol. The maximum Gasteiger partial charge on any atom is 0.409 e. The molecule has 0 saturated carbocycles. The van der Waals surface area contributed by atoms with E-state index in [-0.39, 0.29) is 57.1 Å². The Kier molecular flexibility index (Phi) is 10.2. The first-order chi connectivity index (χ1) is 21.0. The SMILES string of the molecule is CCOC(=O)N1CCN(C(=O)[C@H](CCC(=O)O)NC(=O)c2cc(OCC(=O)N3CC[C@H]3C(=O)O)c3ccc(C)cc3n2)CC1. The second kappa shape index (κ2) is 14.0. The van der Waals surface area contributed by atoms with Gasteiger partial charge in [0.1, 0.15) is 23.5 Å². The van der Waals surface area contributed by atoms with E-state index in [0.717, 1.165) is 5.56 Å². The summed E-state index contributed by atoms with van der Waals surface area (Å²) in [7, 11) is 0. The monoisotopic (exact) mass is 613 g/mol. The molecule has 0 unspecified atom stereocenters. The number of nitrogens with zero attached hydrogens (tertiary/aromatic N) is 4. The molecule has 15 nitrogen and oxygen atoms in total. The molecule has 236 valence electrons. The quantitative estimate of drug-likeness (QED) is 0.325. The predicted octanol–water partition coefficient (Wildman–Crippen LogP) is 0.871. The Bertz CT molecular complexity index is 1460. The Morgan fingerprint density at radius 3 is 2.34 bits per heavy atom. The molecule has 2 saturated heterocycles. The molecular formula is C29H35N5O10. The normalized spacial score (nSPS) is 17.0. The van der Waals surface area contributed by atoms with Gasteiger partial charge in [0.25, 0.3) is 11.8 Å². The highest BCUT2D eigenvalue weighted by atomic mass is 16.6. The van der Waals surface area contributed by atoms with Gasteiger partial charge in [-0.15, -0.1) is 0 Å². The van der Waals surface area contributed by atoms with E-state index in [1.165, 1.54) is 20.8 Å². The summed E-state index contributed by atoms with van der Waals surface area (Å²) in [5.74, 6) is -3.85. The number of amides is 4. The Morgan fingerprint density at radius 2 is 1.73 bits per heavy atom. The molecule has 2 aliphatic rings. The number of benzene rings is 1. The summed E-state index contributed by atoms with van der Waals surface area (Å²) < 4.78 is 10.8. The number of carboxylic acid groups (broad SMARTS) is 2. The number of rotatable bonds is 11. The van der Waals surface area contributed by atoms with Crippen molar-refractivity contribution in [2.45, 2.75) is 45.2 Å². The molecule has 4 rings (SSSR count). The highest BCUT2D eigenvalue weighted by Crippen LogP contribution is 2.27. The van der Waals surface area contributed by atoms with E-state index in [1.807, 2.05) is 6.92 Å². The highest BCUT2D eigenvalue weighted by Gasteiger charge is 2.37. The number of likely N-dealkylation sites (tertiary alicyclic amines) is 1. The molecule has 2 fully saturated rings. The summed E-state index contributed by atoms with van der Waals surface area (Å²) in [5.41, 5.74) is 1.10. The summed E-state index contributed by atoms with van der Waals surface area (Å²) in [6.45, 7) is 4.37. The number of carboxylic acids is 2. The van der Waals surface area contributed by atoms with Crippen molar-refractivity contribution in [1.82, 2.24) is 25.0 Å². The molecule has 3 heterocycles. The van der Waals surface area contributed by atoms with Crippen LogP contribution in [0.4, 0.5) is 4.79 Å². The van der Waals surface area contributed by atoms with Crippen molar-refractivity contribution < 1.29 is 48.5 Å². The standard InChI is InChI=1S/C29H35N5O10/c1-3-43-29(42)33-12-10-32(11-13-33)27(39)19(6-7-25(36)37)31-26(38)21-15-23(18-5-4-17(2)14-20(18)30-21)44-16-24(35)34-9-8-22(34)28(40)41/h4-5,14-15,19,22H,3,6-13,16H2,1-2H3,(H,31,38)(H,36,37)(H,40,41)/t19-,22-/m0/s1. The molecule has 44 heavy (non-hydrogen) atoms. The minimum Gasteiger partial charge on any atom is -0.483 e. The summed E-state index contributed by atoms with van der Waals surface area (Å²) in [6.07, 6.45) is -0.692. The van der Waals surface area contributed by atoms with E-state index in [9.17, 15) is 39.0 Å². The third kappa shape index (κ3) is 7.51. The van der Waals surface area contributed by atoms with Gasteiger partial charge in [-0.1, -0.05) is 6.07 Å². The zero-order valence-electron chi connectivity index (χ0n) is 24.5. The summed E-state index contributed by atoms with van der Waals surface area (Å²) in [5, 5.41) is 21.6. The van der Waals surface area contributed by atoms with Crippen LogP contribution in [0.3, 0.4) is 0 Å². The van der Waals surface area contributed by atoms with Gasteiger partial charge in [-0.3, -0.25) is 19.2 Å². The zero-order valence-corrected chi connectivity index (χ0v) is 24.5. The number of carbonyl (C=O) groups is 6. The van der Waals surface area contributed by atoms with Crippen molar-refractivity contribution in [3.8, 4) is 5.75 Å². The van der Waals surface area contributed by atoms with Gasteiger partial charge in [-0.05, 0) is 44.4 Å². The lowest BCUT2D eigenvalue weighted by molar-refractivity contribution is -0.158. The van der Waals surface area contributed by atoms with Crippen molar-refractivity contribution in [3.05, 3.63) is 35.5 Å². The number of carbonyl (C=O) groups excluding carboxylic acids is 4. The second-order valence-electron chi connectivity index (χ2n) is 10.5. The van der Waals surface area contributed by atoms with Crippen LogP contribution < -0.4 is 10.1 Å². The van der Waals surface area contributed by atoms with Gasteiger partial charge in [0.15, 0.2) is 6.61 Å². The minimum absolute atomic E-state index is 0.127. The molecule has 2 aliphatic heterocycles. The minimum atomic E-state index is -1.19. The van der Waals surface area contributed by atoms with E-state index in [2.05, 4.69) is 10.3 Å². The molecule has 2 aromatic rings. The topological polar surface area (TPSA) is 196 Å². The van der Waals surface area contributed by atoms with Crippen LogP contribution in [0.5, 0.6) is 5.75 Å². The largest absolute Gasteiger partial charge is 0.483 e. The third-order valence-electron chi connectivity index (χ3n) is 7.50. The van der Waals surface area contributed by atoms with Gasteiger partial charge in [0, 0.05) is 50.6 Å². The molecule has 2 atom stereocenters. The van der Waals surface area contributed by atoms with Crippen molar-refractivity contribution in [2.75, 3.05) is 45.9 Å². The van der Waals surface area contributed by atoms with Gasteiger partial charge in [0.05, 0.1) is 12.1 Å². The molecule has 0 bridgehead atoms. The number of hydrogen-bond donors (Lipinski definition) is 3. The fraction of sp³-hybridized carbons (Fsp3) is 0.483. The van der Waals surface area contributed by atoms with E-state index >= 15 is 0 Å². The van der Waals surface area contributed by atoms with Crippen LogP contribution in [0.25, 0.3) is 10.9 Å². The Morgan fingerprint density at radius 1 is 1.02 bits per heavy atom. The van der Waals surface area contributed by atoms with Gasteiger partial charge >= 0.3 is 18.0 Å². The van der Waals surface area contributed by atoms with Crippen LogP contribution in [-0.2, 0) is 23.9 Å². The maximum absolute atomic E-state index is 13.4. The molecule has 4 amide bonds. The summed E-state index contributed by atoms with van der Waals surface area (Å²) >= 11 is 0. The molecule has 1 aromatic heterocycles. The lowest BCUT2D eigenvalue weighted by Crippen LogP contribution is -2.56. The number of ether oxygens (including phenoxy) is 2. The van der Waals surface area contributed by atoms with Crippen LogP contribution in [-0.4, -0.2) is 124 Å². The number of piperazine rings is 1. The number of aliphatic carboxylic acids is 2. The van der Waals surface area contributed by atoms with Crippen LogP contribution in [0.1, 0.15) is 42.2 Å². The zero-order chi connectivity index (χ0) is 32.0. The average Bonchev–Trinajstić information content (AvgIpc) is 2.96. The maximum atomic E-state index is 13.4. The molecule has 15 heteroatoms. The molecule has 0 radical (unpaired) electrons. The van der Waals surface area contributed by atoms with E-state index in [0.29, 0.717) is 23.9 Å². The number of aromatic nitrogens is 1. The summed E-state index contributed by atoms with van der Waals surface area (Å²) in [6, 6.07) is 4.47. The number of nitrogens with one attached hydrogen (secondary N) is 1. The Balaban J connectivity index is 1.51. The van der Waals surface area contributed by atoms with E-state index in [4.69, 9.17) is 9.47 Å². The van der Waals surface area contributed by atoms with Crippen molar-refractivity contribution >= 4 is 46.7 Å². The average molecular weight is 614 g/mol. The van der Waals surface area contributed by atoms with Gasteiger partial charge in [-0.25, -0.2) is 14.6 Å². The first kappa shape index (κ1) is 32.0. The first-order valence-electron chi connectivity index (χ1n) is 14.3. The number of hydrogen-bond acceptors (Lipinski definition) is 9. The third-order valence-corrected chi connectivity index (χ3v) is 7.50. The van der Waals surface area contributed by atoms with Gasteiger partial charge in [-0.2, -0.15) is 0 Å². The second-order valence-corrected chi connectivity index (χ2v) is 10.5. The molecule has 3 N–H and O–H groups in total. The van der Waals surface area contributed by atoms with Gasteiger partial charge in [0.2, 0.25) is 5.91 Å². The van der Waals surface area contributed by atoms with E-state index < -0.39 is 54.4 Å². The fourth-order valence-electron chi connectivity index (χ4n) is 5.01. The molecular weight excluding hydrogens is 578 g/mol. The van der Waals surface area contributed by atoms with Gasteiger partial charge < -0.3 is 39.7 Å². The van der Waals surface area contributed by atoms with E-state index in [1.54, 1.807) is 25.1 Å². The van der Waals surface area contributed by atoms with Crippen LogP contribution >= 0.6 is 0 Å². The first-order valence-corrected chi connectivity index (χ1v) is 14.3. The Hall–Kier alpha value is -4.95. The molecule has 0 spiro atoms. The molecule has 1 aromatic carbocycles. The highest BCUT2D eigenvalue weighted by molar-refractivity contribution is 5.99. The smallest absolute Gasteiger partial charge is 0.409 e. The summed E-state index contributed by atoms with van der Waals surface area (Å²) in [4.78, 5) is 82.7. The van der Waals surface area contributed by atoms with Crippen molar-refractivity contribution in [1.29, 1.82) is 0 Å². The van der Waals surface area contributed by atoms with Crippen molar-refractivity contribution in [2.24, 2.45) is 0 Å². The van der Waals surface area contributed by atoms with Crippen LogP contribution in [0.15, 0.2) is 24.3 Å². The number of aryl methyl sites for hydroxylation is 1. The fourth-order valence-corrected chi connectivity index (χ4v) is 5.01. The number of pyridine rings is 1. The lowest BCUT2D eigenvalue weighted by atomic mass is 10.0. The molecule has 0 aliphatic carbocycles. The van der Waals surface area contributed by atoms with Crippen LogP contribution in [0.2, 0.25) is 0 Å². The van der Waals surface area contributed by atoms with Crippen molar-refractivity contribution in [3.63, 3.8) is 0 Å². The lowest BCUT2D eigenvalue weighted by Gasteiger charge is -2.37.